The number of anilines is 4. The van der Waals surface area contributed by atoms with E-state index in [2.05, 4.69) is 61.0 Å². The first-order chi connectivity index (χ1) is 26.1. The van der Waals surface area contributed by atoms with Crippen molar-refractivity contribution in [1.29, 1.82) is 0 Å². The highest BCUT2D eigenvalue weighted by Crippen LogP contribution is 2.35. The number of aromatic nitrogens is 2. The minimum Gasteiger partial charge on any atom is -0.371 e. The number of amides is 4. The van der Waals surface area contributed by atoms with Crippen LogP contribution in [-0.2, 0) is 4.79 Å². The van der Waals surface area contributed by atoms with Crippen LogP contribution in [0.1, 0.15) is 74.8 Å². The minimum absolute atomic E-state index is 0.124. The number of piperidine rings is 2. The molecule has 0 aliphatic carbocycles. The molecule has 4 fully saturated rings. The maximum Gasteiger partial charge on any atom is 0.271 e. The molecule has 0 saturated carbocycles. The van der Waals surface area contributed by atoms with E-state index in [1.165, 1.54) is 5.56 Å². The van der Waals surface area contributed by atoms with Crippen LogP contribution in [0.15, 0.2) is 60.9 Å². The molecule has 2 aromatic carbocycles. The normalized spacial score (nSPS) is 22.9. The molecule has 1 aromatic heterocycles. The molecular formula is C40H48N10O4. The highest BCUT2D eigenvalue weighted by molar-refractivity contribution is 6.23. The van der Waals surface area contributed by atoms with Crippen molar-refractivity contribution in [2.24, 2.45) is 11.7 Å². The summed E-state index contributed by atoms with van der Waals surface area (Å²) in [6.07, 6.45) is 5.79. The van der Waals surface area contributed by atoms with E-state index in [1.807, 2.05) is 24.3 Å². The molecule has 2 atom stereocenters. The number of nitrogens with one attached hydrogen (secondary N) is 2. The number of rotatable bonds is 9. The van der Waals surface area contributed by atoms with Crippen molar-refractivity contribution in [3.8, 4) is 0 Å². The number of fused-ring (bicyclic) bond motifs is 1. The third kappa shape index (κ3) is 7.15. The number of piperazine rings is 1. The quantitative estimate of drug-likeness (QED) is 0.278. The zero-order chi connectivity index (χ0) is 37.5. The van der Waals surface area contributed by atoms with Crippen molar-refractivity contribution in [3.63, 3.8) is 0 Å². The molecule has 14 nitrogen and oxygen atoms in total. The van der Waals surface area contributed by atoms with Crippen LogP contribution in [0.4, 0.5) is 23.0 Å². The Morgan fingerprint density at radius 1 is 0.907 bits per heavy atom. The Kier molecular flexibility index (Phi) is 9.80. The number of hydrogen-bond acceptors (Lipinski definition) is 11. The second-order valence-electron chi connectivity index (χ2n) is 15.4. The zero-order valence-electron chi connectivity index (χ0n) is 30.8. The first-order valence-electron chi connectivity index (χ1n) is 19.1. The molecule has 4 amide bonds. The topological polar surface area (TPSA) is 160 Å². The molecule has 0 spiro atoms. The molecule has 0 bridgehead atoms. The summed E-state index contributed by atoms with van der Waals surface area (Å²) in [7, 11) is 2.10. The van der Waals surface area contributed by atoms with Gasteiger partial charge in [0.1, 0.15) is 11.9 Å². The summed E-state index contributed by atoms with van der Waals surface area (Å²) in [5, 5.41) is 5.99. The minimum atomic E-state index is -0.808. The molecule has 8 rings (SSSR count). The van der Waals surface area contributed by atoms with Crippen molar-refractivity contribution >= 4 is 46.6 Å². The van der Waals surface area contributed by atoms with Crippen molar-refractivity contribution in [2.75, 3.05) is 81.1 Å². The first kappa shape index (κ1) is 35.7. The van der Waals surface area contributed by atoms with E-state index in [0.29, 0.717) is 47.3 Å². The van der Waals surface area contributed by atoms with Gasteiger partial charge in [-0.25, -0.2) is 9.97 Å². The molecule has 6 heterocycles. The van der Waals surface area contributed by atoms with E-state index in [9.17, 15) is 19.2 Å². The standard InChI is InChI=1S/C40H48N10O4/c1-25-3-10-33(38(52)43-25)50-39(53)31-9-8-30(21-32(31)40(50)54)49-16-11-26(24-49)23-47-14-12-28(13-15-47)27-4-6-29(7-5-27)44-37-35(36(41)51)42-22-34(45-37)48-19-17-46(2)18-20-48/h4-9,21-22,26,28,33H,1,3,10-20,23-24H2,2H3,(H2,41,51)(H,43,52)(H,44,45)/t26-,33?/m1/s1. The molecule has 5 aliphatic heterocycles. The average Bonchev–Trinajstić information content (AvgIpc) is 3.74. The second kappa shape index (κ2) is 14.8. The van der Waals surface area contributed by atoms with Crippen molar-refractivity contribution < 1.29 is 19.2 Å². The van der Waals surface area contributed by atoms with E-state index < -0.39 is 23.8 Å². The first-order valence-corrected chi connectivity index (χ1v) is 19.1. The molecule has 0 radical (unpaired) electrons. The monoisotopic (exact) mass is 732 g/mol. The molecular weight excluding hydrogens is 685 g/mol. The summed E-state index contributed by atoms with van der Waals surface area (Å²) >= 11 is 0. The number of imide groups is 1. The van der Waals surface area contributed by atoms with Gasteiger partial charge in [-0.2, -0.15) is 0 Å². The summed E-state index contributed by atoms with van der Waals surface area (Å²) in [5.41, 5.74) is 10.2. The van der Waals surface area contributed by atoms with Gasteiger partial charge < -0.3 is 36.0 Å². The largest absolute Gasteiger partial charge is 0.371 e. The zero-order valence-corrected chi connectivity index (χ0v) is 30.8. The molecule has 4 saturated heterocycles. The van der Waals surface area contributed by atoms with Gasteiger partial charge in [-0.3, -0.25) is 24.1 Å². The number of carbonyl (C=O) groups excluding carboxylic acids is 4. The Bertz CT molecular complexity index is 1970. The van der Waals surface area contributed by atoms with Gasteiger partial charge >= 0.3 is 0 Å². The third-order valence-electron chi connectivity index (χ3n) is 11.8. The van der Waals surface area contributed by atoms with Crippen LogP contribution in [0, 0.1) is 5.92 Å². The second-order valence-corrected chi connectivity index (χ2v) is 15.4. The number of likely N-dealkylation sites (tertiary alicyclic amines) is 1. The van der Waals surface area contributed by atoms with E-state index in [1.54, 1.807) is 12.3 Å². The van der Waals surface area contributed by atoms with E-state index >= 15 is 0 Å². The summed E-state index contributed by atoms with van der Waals surface area (Å²) in [6, 6.07) is 13.1. The molecule has 282 valence electrons. The number of nitrogens with zero attached hydrogens (tertiary/aromatic N) is 7. The fourth-order valence-corrected chi connectivity index (χ4v) is 8.58. The fraction of sp³-hybridized carbons (Fsp3) is 0.450. The van der Waals surface area contributed by atoms with Gasteiger partial charge in [0.25, 0.3) is 17.7 Å². The number of allylic oxidation sites excluding steroid dienone is 1. The van der Waals surface area contributed by atoms with Crippen LogP contribution in [0.5, 0.6) is 0 Å². The number of primary amides is 1. The van der Waals surface area contributed by atoms with Gasteiger partial charge in [-0.1, -0.05) is 18.7 Å². The highest BCUT2D eigenvalue weighted by atomic mass is 16.2. The smallest absolute Gasteiger partial charge is 0.271 e. The van der Waals surface area contributed by atoms with Crippen molar-refractivity contribution in [1.82, 2.24) is 30.0 Å². The molecule has 54 heavy (non-hydrogen) atoms. The van der Waals surface area contributed by atoms with E-state index in [0.717, 1.165) is 100 Å². The summed E-state index contributed by atoms with van der Waals surface area (Å²) < 4.78 is 0. The van der Waals surface area contributed by atoms with Crippen LogP contribution in [0.25, 0.3) is 0 Å². The van der Waals surface area contributed by atoms with Gasteiger partial charge in [0, 0.05) is 62.9 Å². The van der Waals surface area contributed by atoms with Crippen LogP contribution in [0.3, 0.4) is 0 Å². The highest BCUT2D eigenvalue weighted by Gasteiger charge is 2.44. The molecule has 4 N–H and O–H groups in total. The summed E-state index contributed by atoms with van der Waals surface area (Å²) in [5.74, 6) is 0.314. The Morgan fingerprint density at radius 2 is 1.65 bits per heavy atom. The lowest BCUT2D eigenvalue weighted by Crippen LogP contribution is -2.51. The Morgan fingerprint density at radius 3 is 2.37 bits per heavy atom. The van der Waals surface area contributed by atoms with E-state index in [-0.39, 0.29) is 11.6 Å². The molecule has 14 heteroatoms. The predicted molar refractivity (Wildman–Crippen MR) is 206 cm³/mol. The molecule has 5 aliphatic rings. The van der Waals surface area contributed by atoms with Crippen LogP contribution in [0.2, 0.25) is 0 Å². The lowest BCUT2D eigenvalue weighted by atomic mass is 9.89. The average molecular weight is 733 g/mol. The van der Waals surface area contributed by atoms with E-state index in [4.69, 9.17) is 10.7 Å². The van der Waals surface area contributed by atoms with Crippen LogP contribution in [-0.4, -0.2) is 120 Å². The Balaban J connectivity index is 0.833. The van der Waals surface area contributed by atoms with Crippen molar-refractivity contribution in [2.45, 2.75) is 44.1 Å². The SMILES string of the molecule is C=C1CCC(N2C(=O)c3ccc(N4CC[C@H](CN5CCC(c6ccc(Nc7nc(N8CCN(C)CC8)cnc7C(N)=O)cc6)CC5)C4)cc3C2=O)C(=O)N1. The number of benzene rings is 2. The summed E-state index contributed by atoms with van der Waals surface area (Å²) in [6.45, 7) is 12.3. The number of likely N-dealkylation sites (N-methyl/N-ethyl adjacent to an activating group) is 1. The Hall–Kier alpha value is -5.34. The Labute approximate surface area is 315 Å². The summed E-state index contributed by atoms with van der Waals surface area (Å²) in [4.78, 5) is 70.9. The van der Waals surface area contributed by atoms with Gasteiger partial charge in [-0.15, -0.1) is 0 Å². The van der Waals surface area contributed by atoms with Crippen LogP contribution < -0.4 is 26.2 Å². The lowest BCUT2D eigenvalue weighted by Gasteiger charge is -2.34. The number of nitrogens with two attached hydrogens (primary N) is 1. The van der Waals surface area contributed by atoms with Gasteiger partial charge in [0.05, 0.1) is 17.3 Å². The molecule has 1 unspecified atom stereocenters. The third-order valence-corrected chi connectivity index (χ3v) is 11.8. The van der Waals surface area contributed by atoms with Crippen LogP contribution >= 0.6 is 0 Å². The predicted octanol–water partition coefficient (Wildman–Crippen LogP) is 3.17. The maximum atomic E-state index is 13.4. The lowest BCUT2D eigenvalue weighted by molar-refractivity contribution is -0.125. The van der Waals surface area contributed by atoms with Gasteiger partial charge in [-0.05, 0) is 100.0 Å². The van der Waals surface area contributed by atoms with Gasteiger partial charge in [0.15, 0.2) is 11.5 Å². The number of carbonyl (C=O) groups is 4. The van der Waals surface area contributed by atoms with Crippen molar-refractivity contribution in [3.05, 3.63) is 83.3 Å². The van der Waals surface area contributed by atoms with Gasteiger partial charge in [0.2, 0.25) is 5.91 Å². The maximum absolute atomic E-state index is 13.4. The fourth-order valence-electron chi connectivity index (χ4n) is 8.58. The molecule has 3 aromatic rings. The number of hydrogen-bond donors (Lipinski definition) is 3.